The highest BCUT2D eigenvalue weighted by Crippen LogP contribution is 2.25. The van der Waals surface area contributed by atoms with E-state index in [1.807, 2.05) is 54.6 Å². The number of benzene rings is 3. The molecule has 2 N–H and O–H groups in total. The summed E-state index contributed by atoms with van der Waals surface area (Å²) < 4.78 is 11.2. The zero-order chi connectivity index (χ0) is 20.5. The van der Waals surface area contributed by atoms with Gasteiger partial charge in [-0.25, -0.2) is 0 Å². The molecule has 0 aliphatic carbocycles. The second kappa shape index (κ2) is 10.6. The van der Waals surface area contributed by atoms with Crippen molar-refractivity contribution in [2.24, 2.45) is 0 Å². The summed E-state index contributed by atoms with van der Waals surface area (Å²) in [5.41, 5.74) is 1.28. The second-order valence-electron chi connectivity index (χ2n) is 6.06. The van der Waals surface area contributed by atoms with Crippen LogP contribution in [0.4, 0.5) is 11.4 Å². The fourth-order valence-electron chi connectivity index (χ4n) is 2.47. The van der Waals surface area contributed by atoms with Gasteiger partial charge in [0.1, 0.15) is 24.7 Å². The Kier molecular flexibility index (Phi) is 7.61. The van der Waals surface area contributed by atoms with Gasteiger partial charge in [-0.15, -0.1) is 0 Å². The van der Waals surface area contributed by atoms with E-state index in [0.717, 1.165) is 17.2 Å². The first-order chi connectivity index (χ1) is 14.1. The molecule has 7 heteroatoms. The summed E-state index contributed by atoms with van der Waals surface area (Å²) >= 11 is 12.0. The summed E-state index contributed by atoms with van der Waals surface area (Å²) in [5, 5.41) is 6.70. The lowest BCUT2D eigenvalue weighted by molar-refractivity contribution is -0.114. The lowest BCUT2D eigenvalue weighted by Crippen LogP contribution is -2.21. The van der Waals surface area contributed by atoms with Crippen LogP contribution in [0.3, 0.4) is 0 Å². The standard InChI is InChI=1S/C22H20Cl2N2O3/c23-16-6-11-20(24)21(14-16)26-22(27)15-25-17-7-9-19(10-8-17)29-13-12-28-18-4-2-1-3-5-18/h1-11,14,25H,12-13,15H2,(H,26,27). The average molecular weight is 431 g/mol. The topological polar surface area (TPSA) is 59.6 Å². The Morgan fingerprint density at radius 3 is 2.17 bits per heavy atom. The molecular formula is C22H20Cl2N2O3. The maximum Gasteiger partial charge on any atom is 0.243 e. The first-order valence-electron chi connectivity index (χ1n) is 8.99. The van der Waals surface area contributed by atoms with Crippen LogP contribution in [0.25, 0.3) is 0 Å². The molecule has 0 heterocycles. The van der Waals surface area contributed by atoms with Crippen LogP contribution in [0.15, 0.2) is 72.8 Å². The summed E-state index contributed by atoms with van der Waals surface area (Å²) in [4.78, 5) is 12.1. The number of para-hydroxylation sites is 1. The number of anilines is 2. The van der Waals surface area contributed by atoms with Crippen LogP contribution in [0, 0.1) is 0 Å². The maximum absolute atomic E-state index is 12.1. The molecule has 1 amide bonds. The lowest BCUT2D eigenvalue weighted by Gasteiger charge is -2.11. The maximum atomic E-state index is 12.1. The normalized spacial score (nSPS) is 10.3. The molecule has 0 atom stereocenters. The molecule has 5 nitrogen and oxygen atoms in total. The average Bonchev–Trinajstić information content (AvgIpc) is 2.74. The third kappa shape index (κ3) is 6.89. The number of nitrogens with one attached hydrogen (secondary N) is 2. The van der Waals surface area contributed by atoms with Gasteiger partial charge in [0.25, 0.3) is 0 Å². The van der Waals surface area contributed by atoms with Crippen molar-refractivity contribution in [3.63, 3.8) is 0 Å². The zero-order valence-electron chi connectivity index (χ0n) is 15.5. The summed E-state index contributed by atoms with van der Waals surface area (Å²) in [6.45, 7) is 0.981. The van der Waals surface area contributed by atoms with Crippen molar-refractivity contribution in [1.29, 1.82) is 0 Å². The first-order valence-corrected chi connectivity index (χ1v) is 9.75. The smallest absolute Gasteiger partial charge is 0.243 e. The van der Waals surface area contributed by atoms with Gasteiger partial charge in [0.15, 0.2) is 0 Å². The number of ether oxygens (including phenoxy) is 2. The van der Waals surface area contributed by atoms with Gasteiger partial charge in [0.05, 0.1) is 17.3 Å². The summed E-state index contributed by atoms with van der Waals surface area (Å²) in [6.07, 6.45) is 0. The van der Waals surface area contributed by atoms with Crippen LogP contribution in [-0.4, -0.2) is 25.7 Å². The first kappa shape index (κ1) is 20.8. The number of hydrogen-bond donors (Lipinski definition) is 2. The molecule has 0 spiro atoms. The van der Waals surface area contributed by atoms with Gasteiger partial charge >= 0.3 is 0 Å². The van der Waals surface area contributed by atoms with E-state index in [1.54, 1.807) is 18.2 Å². The molecule has 0 radical (unpaired) electrons. The third-order valence-corrected chi connectivity index (χ3v) is 4.44. The Morgan fingerprint density at radius 2 is 1.48 bits per heavy atom. The predicted octanol–water partition coefficient (Wildman–Crippen LogP) is 5.50. The van der Waals surface area contributed by atoms with E-state index in [4.69, 9.17) is 32.7 Å². The molecule has 3 rings (SSSR count). The van der Waals surface area contributed by atoms with Gasteiger partial charge in [-0.2, -0.15) is 0 Å². The van der Waals surface area contributed by atoms with Crippen molar-refractivity contribution in [1.82, 2.24) is 0 Å². The highest BCUT2D eigenvalue weighted by atomic mass is 35.5. The van der Waals surface area contributed by atoms with E-state index in [2.05, 4.69) is 10.6 Å². The molecule has 3 aromatic rings. The van der Waals surface area contributed by atoms with Crippen LogP contribution < -0.4 is 20.1 Å². The molecule has 0 fully saturated rings. The molecule has 0 saturated heterocycles. The zero-order valence-corrected chi connectivity index (χ0v) is 17.0. The molecule has 0 unspecified atom stereocenters. The van der Waals surface area contributed by atoms with E-state index >= 15 is 0 Å². The highest BCUT2D eigenvalue weighted by Gasteiger charge is 2.07. The van der Waals surface area contributed by atoms with Crippen molar-refractivity contribution in [3.05, 3.63) is 82.8 Å². The van der Waals surface area contributed by atoms with Gasteiger partial charge in [0.2, 0.25) is 5.91 Å². The lowest BCUT2D eigenvalue weighted by atomic mass is 10.3. The molecule has 0 aliphatic heterocycles. The molecule has 0 aliphatic rings. The van der Waals surface area contributed by atoms with E-state index in [1.165, 1.54) is 0 Å². The van der Waals surface area contributed by atoms with E-state index in [-0.39, 0.29) is 12.5 Å². The van der Waals surface area contributed by atoms with E-state index in [9.17, 15) is 4.79 Å². The fourth-order valence-corrected chi connectivity index (χ4v) is 2.81. The molecule has 3 aromatic carbocycles. The molecular weight excluding hydrogens is 411 g/mol. The number of hydrogen-bond acceptors (Lipinski definition) is 4. The van der Waals surface area contributed by atoms with E-state index < -0.39 is 0 Å². The monoisotopic (exact) mass is 430 g/mol. The number of carbonyl (C=O) groups is 1. The van der Waals surface area contributed by atoms with Gasteiger partial charge < -0.3 is 20.1 Å². The summed E-state index contributed by atoms with van der Waals surface area (Å²) in [5.74, 6) is 1.31. The second-order valence-corrected chi connectivity index (χ2v) is 6.90. The van der Waals surface area contributed by atoms with Crippen molar-refractivity contribution in [2.75, 3.05) is 30.4 Å². The van der Waals surface area contributed by atoms with Gasteiger partial charge in [-0.1, -0.05) is 41.4 Å². The number of rotatable bonds is 9. The van der Waals surface area contributed by atoms with Crippen LogP contribution >= 0.6 is 23.2 Å². The Balaban J connectivity index is 1.39. The van der Waals surface area contributed by atoms with Crippen LogP contribution in [-0.2, 0) is 4.79 Å². The Labute approximate surface area is 179 Å². The molecule has 150 valence electrons. The number of carbonyl (C=O) groups excluding carboxylic acids is 1. The van der Waals surface area contributed by atoms with Crippen molar-refractivity contribution in [2.45, 2.75) is 0 Å². The summed E-state index contributed by atoms with van der Waals surface area (Å²) in [7, 11) is 0. The molecule has 0 aromatic heterocycles. The largest absolute Gasteiger partial charge is 0.490 e. The minimum atomic E-state index is -0.229. The van der Waals surface area contributed by atoms with Crippen LogP contribution in [0.5, 0.6) is 11.5 Å². The van der Waals surface area contributed by atoms with Crippen molar-refractivity contribution >= 4 is 40.5 Å². The van der Waals surface area contributed by atoms with Crippen LogP contribution in [0.2, 0.25) is 10.0 Å². The Bertz CT molecular complexity index is 935. The predicted molar refractivity (Wildman–Crippen MR) is 117 cm³/mol. The molecule has 0 saturated carbocycles. The van der Waals surface area contributed by atoms with Gasteiger partial charge in [-0.05, 0) is 54.6 Å². The Morgan fingerprint density at radius 1 is 0.828 bits per heavy atom. The van der Waals surface area contributed by atoms with E-state index in [0.29, 0.717) is 28.9 Å². The van der Waals surface area contributed by atoms with Crippen LogP contribution in [0.1, 0.15) is 0 Å². The highest BCUT2D eigenvalue weighted by molar-refractivity contribution is 6.35. The minimum absolute atomic E-state index is 0.0912. The molecule has 0 bridgehead atoms. The molecule has 29 heavy (non-hydrogen) atoms. The SMILES string of the molecule is O=C(CNc1ccc(OCCOc2ccccc2)cc1)Nc1cc(Cl)ccc1Cl. The van der Waals surface area contributed by atoms with Gasteiger partial charge in [-0.3, -0.25) is 4.79 Å². The fraction of sp³-hybridized carbons (Fsp3) is 0.136. The van der Waals surface area contributed by atoms with Crippen molar-refractivity contribution in [3.8, 4) is 11.5 Å². The number of halogens is 2. The Hall–Kier alpha value is -2.89. The third-order valence-electron chi connectivity index (χ3n) is 3.87. The number of amides is 1. The van der Waals surface area contributed by atoms with Gasteiger partial charge in [0, 0.05) is 10.7 Å². The minimum Gasteiger partial charge on any atom is -0.490 e. The quantitative estimate of drug-likeness (QED) is 0.439. The van der Waals surface area contributed by atoms with Crippen molar-refractivity contribution < 1.29 is 14.3 Å². The summed E-state index contributed by atoms with van der Waals surface area (Å²) in [6, 6.07) is 21.8.